The number of ether oxygens (including phenoxy) is 2. The molecule has 7 nitrogen and oxygen atoms in total. The number of imidazole rings is 1. The van der Waals surface area contributed by atoms with E-state index in [9.17, 15) is 9.59 Å². The van der Waals surface area contributed by atoms with Gasteiger partial charge in [0.2, 0.25) is 0 Å². The number of aromatic nitrogens is 2. The van der Waals surface area contributed by atoms with Crippen molar-refractivity contribution in [3.05, 3.63) is 65.0 Å². The molecule has 0 saturated heterocycles. The first-order valence-corrected chi connectivity index (χ1v) is 12.9. The number of amides is 1. The number of rotatable bonds is 8. The Morgan fingerprint density at radius 1 is 1.00 bits per heavy atom. The van der Waals surface area contributed by atoms with Crippen molar-refractivity contribution in [2.75, 3.05) is 0 Å². The number of nitrogens with one attached hydrogen (secondary N) is 1. The molecule has 200 valence electrons. The van der Waals surface area contributed by atoms with Crippen molar-refractivity contribution < 1.29 is 19.1 Å². The quantitative estimate of drug-likeness (QED) is 0.364. The highest BCUT2D eigenvalue weighted by Gasteiger charge is 2.27. The second kappa shape index (κ2) is 11.4. The van der Waals surface area contributed by atoms with E-state index >= 15 is 0 Å². The summed E-state index contributed by atoms with van der Waals surface area (Å²) in [6.45, 7) is 17.0. The van der Waals surface area contributed by atoms with Crippen molar-refractivity contribution in [2.45, 2.75) is 93.0 Å². The van der Waals surface area contributed by atoms with Crippen molar-refractivity contribution in [3.63, 3.8) is 0 Å². The van der Waals surface area contributed by atoms with Crippen LogP contribution in [0.25, 0.3) is 11.0 Å². The summed E-state index contributed by atoms with van der Waals surface area (Å²) in [6.07, 6.45) is 0.172. The molecule has 0 bridgehead atoms. The van der Waals surface area contributed by atoms with Crippen LogP contribution in [0.5, 0.6) is 0 Å². The number of nitrogens with zero attached hydrogens (tertiary/aromatic N) is 2. The zero-order chi connectivity index (χ0) is 27.4. The van der Waals surface area contributed by atoms with E-state index in [4.69, 9.17) is 14.5 Å². The van der Waals surface area contributed by atoms with E-state index < -0.39 is 23.7 Å². The lowest BCUT2D eigenvalue weighted by atomic mass is 9.96. The number of hydrogen-bond donors (Lipinski definition) is 1. The average molecular weight is 508 g/mol. The standard InChI is InChI=1S/C30H41N3O4/c1-20-16-24-25(17-21(20)2)33(19-29(3,4)5)26(31-24)15-14-23(32-28(35)37-30(6,7)8)27(34)36-18-22-12-10-9-11-13-22/h9-13,16-17,23H,14-15,18-19H2,1-8H3,(H,32,35). The molecular weight excluding hydrogens is 466 g/mol. The van der Waals surface area contributed by atoms with Crippen LogP contribution in [0.4, 0.5) is 4.79 Å². The molecule has 0 fully saturated rings. The van der Waals surface area contributed by atoms with E-state index in [1.807, 2.05) is 30.3 Å². The van der Waals surface area contributed by atoms with Gasteiger partial charge in [0.25, 0.3) is 0 Å². The molecule has 1 heterocycles. The summed E-state index contributed by atoms with van der Waals surface area (Å²) in [5, 5.41) is 2.73. The van der Waals surface area contributed by atoms with Gasteiger partial charge in [-0.25, -0.2) is 14.6 Å². The smallest absolute Gasteiger partial charge is 0.408 e. The van der Waals surface area contributed by atoms with Gasteiger partial charge in [-0.15, -0.1) is 0 Å². The van der Waals surface area contributed by atoms with E-state index in [1.54, 1.807) is 20.8 Å². The van der Waals surface area contributed by atoms with Gasteiger partial charge in [-0.05, 0) is 75.3 Å². The van der Waals surface area contributed by atoms with Crippen LogP contribution < -0.4 is 5.32 Å². The monoisotopic (exact) mass is 507 g/mol. The third kappa shape index (κ3) is 8.34. The van der Waals surface area contributed by atoms with Crippen LogP contribution in [0.3, 0.4) is 0 Å². The summed E-state index contributed by atoms with van der Waals surface area (Å²) in [6, 6.07) is 12.9. The van der Waals surface area contributed by atoms with Gasteiger partial charge in [-0.1, -0.05) is 51.1 Å². The summed E-state index contributed by atoms with van der Waals surface area (Å²) in [7, 11) is 0. The number of esters is 1. The number of hydrogen-bond acceptors (Lipinski definition) is 5. The molecule has 1 unspecified atom stereocenters. The summed E-state index contributed by atoms with van der Waals surface area (Å²) in [5.41, 5.74) is 4.64. The fraction of sp³-hybridized carbons (Fsp3) is 0.500. The maximum Gasteiger partial charge on any atom is 0.408 e. The fourth-order valence-corrected chi connectivity index (χ4v) is 4.07. The number of carbonyl (C=O) groups is 2. The summed E-state index contributed by atoms with van der Waals surface area (Å²) >= 11 is 0. The van der Waals surface area contributed by atoms with E-state index in [1.165, 1.54) is 11.1 Å². The van der Waals surface area contributed by atoms with Crippen LogP contribution >= 0.6 is 0 Å². The van der Waals surface area contributed by atoms with Gasteiger partial charge >= 0.3 is 12.1 Å². The lowest BCUT2D eigenvalue weighted by Gasteiger charge is -2.24. The zero-order valence-electron chi connectivity index (χ0n) is 23.5. The molecule has 0 aliphatic carbocycles. The van der Waals surface area contributed by atoms with Crippen molar-refractivity contribution in [2.24, 2.45) is 5.41 Å². The molecule has 0 radical (unpaired) electrons. The Hall–Kier alpha value is -3.35. The molecular formula is C30H41N3O4. The Kier molecular flexibility index (Phi) is 8.67. The van der Waals surface area contributed by atoms with Gasteiger partial charge in [-0.3, -0.25) is 0 Å². The van der Waals surface area contributed by atoms with Gasteiger partial charge in [0.15, 0.2) is 0 Å². The number of carbonyl (C=O) groups excluding carboxylic acids is 2. The Morgan fingerprint density at radius 3 is 2.27 bits per heavy atom. The summed E-state index contributed by atoms with van der Waals surface area (Å²) in [5.74, 6) is 0.377. The van der Waals surface area contributed by atoms with Crippen LogP contribution in [0.15, 0.2) is 42.5 Å². The van der Waals surface area contributed by atoms with Crippen LogP contribution in [-0.2, 0) is 33.8 Å². The van der Waals surface area contributed by atoms with E-state index in [0.717, 1.165) is 29.0 Å². The maximum atomic E-state index is 13.1. The molecule has 0 aliphatic heterocycles. The molecule has 3 rings (SSSR count). The van der Waals surface area contributed by atoms with Crippen LogP contribution in [-0.4, -0.2) is 33.3 Å². The van der Waals surface area contributed by atoms with Gasteiger partial charge in [0, 0.05) is 13.0 Å². The Balaban J connectivity index is 1.84. The lowest BCUT2D eigenvalue weighted by Crippen LogP contribution is -2.44. The molecule has 3 aromatic rings. The fourth-order valence-electron chi connectivity index (χ4n) is 4.07. The Morgan fingerprint density at radius 2 is 1.65 bits per heavy atom. The number of alkyl carbamates (subject to hydrolysis) is 1. The molecule has 1 N–H and O–H groups in total. The normalized spacial score (nSPS) is 12.9. The van der Waals surface area contributed by atoms with Crippen LogP contribution in [0.1, 0.15) is 70.5 Å². The van der Waals surface area contributed by atoms with Gasteiger partial charge < -0.3 is 19.4 Å². The number of fused-ring (bicyclic) bond motifs is 1. The highest BCUT2D eigenvalue weighted by Crippen LogP contribution is 2.26. The summed E-state index contributed by atoms with van der Waals surface area (Å²) < 4.78 is 13.2. The SMILES string of the molecule is Cc1cc2nc(CCC(NC(=O)OC(C)(C)C)C(=O)OCc3ccccc3)n(CC(C)(C)C)c2cc1C. The Bertz CT molecular complexity index is 1230. The van der Waals surface area contributed by atoms with Gasteiger partial charge in [0.1, 0.15) is 24.1 Å². The molecule has 0 spiro atoms. The largest absolute Gasteiger partial charge is 0.459 e. The highest BCUT2D eigenvalue weighted by atomic mass is 16.6. The molecule has 37 heavy (non-hydrogen) atoms. The van der Waals surface area contributed by atoms with E-state index in [0.29, 0.717) is 12.8 Å². The molecule has 1 atom stereocenters. The zero-order valence-corrected chi connectivity index (χ0v) is 23.5. The average Bonchev–Trinajstić information content (AvgIpc) is 3.09. The van der Waals surface area contributed by atoms with Gasteiger partial charge in [0.05, 0.1) is 11.0 Å². The first-order valence-electron chi connectivity index (χ1n) is 12.9. The molecule has 7 heteroatoms. The highest BCUT2D eigenvalue weighted by molar-refractivity contribution is 5.81. The van der Waals surface area contributed by atoms with Gasteiger partial charge in [-0.2, -0.15) is 0 Å². The second-order valence-electron chi connectivity index (χ2n) is 11.9. The topological polar surface area (TPSA) is 82.4 Å². The number of benzene rings is 2. The first kappa shape index (κ1) is 28.2. The minimum Gasteiger partial charge on any atom is -0.459 e. The van der Waals surface area contributed by atoms with Crippen molar-refractivity contribution >= 4 is 23.1 Å². The second-order valence-corrected chi connectivity index (χ2v) is 11.9. The third-order valence-electron chi connectivity index (χ3n) is 5.93. The predicted octanol–water partition coefficient (Wildman–Crippen LogP) is 6.27. The molecule has 2 aromatic carbocycles. The van der Waals surface area contributed by atoms with Crippen LogP contribution in [0, 0.1) is 19.3 Å². The Labute approximate surface area is 220 Å². The van der Waals surface area contributed by atoms with E-state index in [2.05, 4.69) is 56.6 Å². The minimum atomic E-state index is -0.870. The van der Waals surface area contributed by atoms with Crippen molar-refractivity contribution in [1.82, 2.24) is 14.9 Å². The third-order valence-corrected chi connectivity index (χ3v) is 5.93. The lowest BCUT2D eigenvalue weighted by molar-refractivity contribution is -0.147. The molecule has 1 amide bonds. The maximum absolute atomic E-state index is 13.1. The van der Waals surface area contributed by atoms with E-state index in [-0.39, 0.29) is 12.0 Å². The van der Waals surface area contributed by atoms with Crippen molar-refractivity contribution in [3.8, 4) is 0 Å². The summed E-state index contributed by atoms with van der Waals surface area (Å²) in [4.78, 5) is 30.6. The molecule has 0 saturated carbocycles. The van der Waals surface area contributed by atoms with Crippen LogP contribution in [0.2, 0.25) is 0 Å². The predicted molar refractivity (Wildman–Crippen MR) is 146 cm³/mol. The molecule has 1 aromatic heterocycles. The first-order chi connectivity index (χ1) is 17.2. The minimum absolute atomic E-state index is 0.0317. The molecule has 0 aliphatic rings. The number of aryl methyl sites for hydroxylation is 3. The van der Waals surface area contributed by atoms with Crippen molar-refractivity contribution in [1.29, 1.82) is 0 Å².